The fourth-order valence-electron chi connectivity index (χ4n) is 10.7. The van der Waals surface area contributed by atoms with Crippen molar-refractivity contribution in [2.45, 2.75) is 81.5 Å². The topological polar surface area (TPSA) is 327 Å². The van der Waals surface area contributed by atoms with Crippen LogP contribution >= 0.6 is 27.3 Å². The molecule has 0 bridgehead atoms. The summed E-state index contributed by atoms with van der Waals surface area (Å²) in [7, 11) is 2.13. The van der Waals surface area contributed by atoms with Crippen LogP contribution in [0.4, 0.5) is 64.4 Å². The Hall–Kier alpha value is -10.0. The van der Waals surface area contributed by atoms with Crippen molar-refractivity contribution in [1.29, 1.82) is 5.26 Å². The van der Waals surface area contributed by atoms with Gasteiger partial charge in [-0.2, -0.15) is 40.6 Å². The van der Waals surface area contributed by atoms with Crippen LogP contribution in [-0.2, 0) is 0 Å². The standard InChI is InChI=1S/2C17H21N7.C16H19N7.C15H11BrN6S.2H2/c1-3-12-11-18-17(24-8-6-23(2)7-9-24)20-16(12)19-15-10-14(21-22-15)13-4-5-13;1-2-12-11-19-17(24-8-3-6-18-7-9-24)21-16(12)20-15-10-14(22-23-15)13-4-5-13;1-2-11-10-18-16(23-7-5-17-6-8-23)20-15(11)19-14-9-13(21-22-14)12-3-4-12;16-10-7-18-15(12-4-3-9(6-17)23-12)20-14(10)19-13-5-11(21-22-13)8-1-2-8;;/h1,10-11,13H,4-9H2,2H3,(H2,18,19,20,21,22);1,10-11,13,18H,3-9H2,(H2,19,20,21,22,23);1,9-10,12,17H,3-8H2,(H2,18,19,20,21,22);3-5,7-8H,1-2H2,(H2,18,19,20,21,22);2*1H. The fourth-order valence-corrected chi connectivity index (χ4v) is 11.7. The molecule has 4 aliphatic carbocycles. The first-order chi connectivity index (χ1) is 46.1. The van der Waals surface area contributed by atoms with E-state index >= 15 is 0 Å². The van der Waals surface area contributed by atoms with Crippen molar-refractivity contribution in [3.05, 3.63) is 110 Å². The molecule has 0 spiro atoms. The van der Waals surface area contributed by atoms with Gasteiger partial charge in [0.25, 0.3) is 0 Å². The lowest BCUT2D eigenvalue weighted by Crippen LogP contribution is -2.45. The number of aromatic amines is 4. The second-order valence-electron chi connectivity index (χ2n) is 23.9. The van der Waals surface area contributed by atoms with Crippen LogP contribution in [0.25, 0.3) is 10.7 Å². The van der Waals surface area contributed by atoms with Gasteiger partial charge in [0, 0.05) is 152 Å². The Morgan fingerprint density at radius 1 is 0.500 bits per heavy atom. The molecule has 3 saturated heterocycles. The fraction of sp³-hybridized carbons (Fsp3) is 0.400. The third kappa shape index (κ3) is 16.2. The summed E-state index contributed by atoms with van der Waals surface area (Å²) in [5.74, 6) is 18.7. The quantitative estimate of drug-likeness (QED) is 0.0403. The Balaban J connectivity index is 0.000000129. The molecule has 0 atom stereocenters. The van der Waals surface area contributed by atoms with E-state index < -0.39 is 0 Å². The minimum atomic E-state index is 0. The lowest BCUT2D eigenvalue weighted by Gasteiger charge is -2.32. The van der Waals surface area contributed by atoms with Crippen molar-refractivity contribution in [3.8, 4) is 53.8 Å². The molecule has 7 fully saturated rings. The van der Waals surface area contributed by atoms with Gasteiger partial charge in [0.1, 0.15) is 16.8 Å². The SMILES string of the molecule is C#Cc1cnc(N2CCCNCC2)nc1Nc1cc(C2CC2)[nH]n1.C#Cc1cnc(N2CCN(C)CC2)nc1Nc1cc(C2CC2)[nH]n1.C#Cc1cnc(N2CCNCC2)nc1Nc1cc(C2CC2)[nH]n1.N#Cc1ccc(-c2ncc(Br)c(Nc3cc(C4CC4)[nH]n3)n2)s1.[HH].[HH]. The number of aromatic nitrogens is 16. The third-order valence-electron chi connectivity index (χ3n) is 16.7. The van der Waals surface area contributed by atoms with Crippen molar-refractivity contribution in [2.75, 3.05) is 122 Å². The predicted molar refractivity (Wildman–Crippen MR) is 372 cm³/mol. The van der Waals surface area contributed by atoms with Crippen molar-refractivity contribution >= 4 is 91.7 Å². The Bertz CT molecular complexity index is 4250. The molecule has 0 aromatic carbocycles. The zero-order chi connectivity index (χ0) is 64.3. The number of likely N-dealkylation sites (N-methyl/N-ethyl adjacent to an activating group) is 1. The average molecular weight is 1350 g/mol. The van der Waals surface area contributed by atoms with Crippen molar-refractivity contribution in [1.82, 2.24) is 96.2 Å². The highest BCUT2D eigenvalue weighted by Crippen LogP contribution is 2.43. The molecule has 10 N–H and O–H groups in total. The minimum Gasteiger partial charge on any atom is -0.339 e. The molecule has 4 saturated carbocycles. The molecule has 0 unspecified atom stereocenters. The molecule has 0 radical (unpaired) electrons. The molecule has 27 nitrogen and oxygen atoms in total. The third-order valence-corrected chi connectivity index (χ3v) is 18.3. The summed E-state index contributed by atoms with van der Waals surface area (Å²) >= 11 is 4.83. The zero-order valence-corrected chi connectivity index (χ0v) is 54.5. The molecule has 0 amide bonds. The number of hydrogen-bond acceptors (Lipinski definition) is 24. The highest BCUT2D eigenvalue weighted by molar-refractivity contribution is 9.10. The summed E-state index contributed by atoms with van der Waals surface area (Å²) in [6.07, 6.45) is 34.5. The zero-order valence-electron chi connectivity index (χ0n) is 52.1. The normalized spacial score (nSPS) is 17.0. The lowest BCUT2D eigenvalue weighted by atomic mass is 10.3. The van der Waals surface area contributed by atoms with Gasteiger partial charge in [-0.25, -0.2) is 24.9 Å². The second-order valence-corrected chi connectivity index (χ2v) is 25.9. The molecule has 484 valence electrons. The number of hydrogen-bond donors (Lipinski definition) is 10. The van der Waals surface area contributed by atoms with Crippen molar-refractivity contribution in [3.63, 3.8) is 0 Å². The molecule has 29 heteroatoms. The van der Waals surface area contributed by atoms with Crippen molar-refractivity contribution < 1.29 is 2.85 Å². The van der Waals surface area contributed by atoms with E-state index in [0.717, 1.165) is 123 Å². The summed E-state index contributed by atoms with van der Waals surface area (Å²) in [5, 5.41) is 58.1. The van der Waals surface area contributed by atoms with Crippen LogP contribution in [-0.4, -0.2) is 171 Å². The van der Waals surface area contributed by atoms with Gasteiger partial charge in [0.05, 0.1) is 44.6 Å². The summed E-state index contributed by atoms with van der Waals surface area (Å²) in [6.45, 7) is 11.3. The van der Waals surface area contributed by atoms with Gasteiger partial charge in [-0.3, -0.25) is 20.4 Å². The Morgan fingerprint density at radius 3 is 1.29 bits per heavy atom. The first kappa shape index (κ1) is 62.8. The number of nitrogens with one attached hydrogen (secondary N) is 10. The van der Waals surface area contributed by atoms with E-state index in [2.05, 4.69) is 179 Å². The van der Waals surface area contributed by atoms with Crippen LogP contribution in [0.15, 0.2) is 65.7 Å². The van der Waals surface area contributed by atoms with E-state index in [1.54, 1.807) is 30.9 Å². The number of thiophene rings is 1. The lowest BCUT2D eigenvalue weighted by molar-refractivity contribution is 0.311. The number of terminal acetylenes is 3. The van der Waals surface area contributed by atoms with E-state index in [1.807, 2.05) is 30.3 Å². The maximum atomic E-state index is 8.93. The van der Waals surface area contributed by atoms with Gasteiger partial charge in [-0.15, -0.1) is 30.6 Å². The van der Waals surface area contributed by atoms with Crippen LogP contribution in [0.2, 0.25) is 0 Å². The number of H-pyrrole nitrogens is 4. The number of piperazine rings is 2. The van der Waals surface area contributed by atoms with Crippen molar-refractivity contribution in [2.24, 2.45) is 0 Å². The molecular formula is C65H76BrN27S. The van der Waals surface area contributed by atoms with Crippen LogP contribution in [0.1, 0.15) is 129 Å². The highest BCUT2D eigenvalue weighted by atomic mass is 79.9. The second kappa shape index (κ2) is 29.3. The molecule has 9 aromatic rings. The maximum Gasteiger partial charge on any atom is 0.227 e. The molecule has 9 aromatic heterocycles. The number of nitrogens with zero attached hydrogens (tertiary/aromatic N) is 17. The van der Waals surface area contributed by atoms with Gasteiger partial charge in [0.2, 0.25) is 17.8 Å². The Morgan fingerprint density at radius 2 is 0.894 bits per heavy atom. The van der Waals surface area contributed by atoms with E-state index in [9.17, 15) is 0 Å². The molecule has 3 aliphatic heterocycles. The highest BCUT2D eigenvalue weighted by Gasteiger charge is 2.29. The van der Waals surface area contributed by atoms with Crippen LogP contribution in [0, 0.1) is 48.4 Å². The van der Waals surface area contributed by atoms with Gasteiger partial charge in [0.15, 0.2) is 46.5 Å². The average Bonchev–Trinajstić information content (AvgIpc) is 1.63. The first-order valence-corrected chi connectivity index (χ1v) is 33.4. The summed E-state index contributed by atoms with van der Waals surface area (Å²) in [5.41, 5.74) is 6.60. The Kier molecular flexibility index (Phi) is 19.6. The van der Waals surface area contributed by atoms with E-state index in [1.165, 1.54) is 79.8 Å². The molecule has 94 heavy (non-hydrogen) atoms. The molecule has 12 heterocycles. The van der Waals surface area contributed by atoms with Gasteiger partial charge in [-0.1, -0.05) is 17.8 Å². The number of nitriles is 1. The number of anilines is 11. The summed E-state index contributed by atoms with van der Waals surface area (Å²) < 4.78 is 0.759. The van der Waals surface area contributed by atoms with Crippen LogP contribution in [0.3, 0.4) is 0 Å². The molecule has 16 rings (SSSR count). The van der Waals surface area contributed by atoms with Crippen LogP contribution < -0.4 is 46.6 Å². The Labute approximate surface area is 559 Å². The smallest absolute Gasteiger partial charge is 0.227 e. The van der Waals surface area contributed by atoms with Gasteiger partial charge >= 0.3 is 0 Å². The number of halogens is 1. The largest absolute Gasteiger partial charge is 0.339 e. The van der Waals surface area contributed by atoms with E-state index in [0.29, 0.717) is 92.2 Å². The maximum absolute atomic E-state index is 8.93. The van der Waals surface area contributed by atoms with Gasteiger partial charge < -0.3 is 51.5 Å². The first-order valence-electron chi connectivity index (χ1n) is 31.8. The predicted octanol–water partition coefficient (Wildman–Crippen LogP) is 9.04. The van der Waals surface area contributed by atoms with Gasteiger partial charge in [-0.05, 0) is 99.4 Å². The molecular weight excluding hydrogens is 1270 g/mol. The molecule has 7 aliphatic rings. The van der Waals surface area contributed by atoms with E-state index in [-0.39, 0.29) is 2.85 Å². The minimum absolute atomic E-state index is 0. The van der Waals surface area contributed by atoms with E-state index in [4.69, 9.17) is 24.5 Å². The van der Waals surface area contributed by atoms with Crippen LogP contribution in [0.5, 0.6) is 0 Å². The summed E-state index contributed by atoms with van der Waals surface area (Å²) in [4.78, 5) is 46.4. The monoisotopic (exact) mass is 1350 g/mol. The number of rotatable bonds is 16. The summed E-state index contributed by atoms with van der Waals surface area (Å²) in [6, 6.07) is 13.9.